The fourth-order valence-corrected chi connectivity index (χ4v) is 2.83. The number of benzene rings is 2. The van der Waals surface area contributed by atoms with E-state index in [1.54, 1.807) is 7.11 Å². The van der Waals surface area contributed by atoms with Crippen molar-refractivity contribution in [3.8, 4) is 11.5 Å². The summed E-state index contributed by atoms with van der Waals surface area (Å²) in [5.41, 5.74) is 0.963. The molecule has 0 bridgehead atoms. The van der Waals surface area contributed by atoms with Gasteiger partial charge in [-0.3, -0.25) is 9.69 Å². The van der Waals surface area contributed by atoms with Gasteiger partial charge in [-0.1, -0.05) is 34.1 Å². The largest absolute Gasteiger partial charge is 0.496 e. The lowest BCUT2D eigenvalue weighted by Gasteiger charge is -2.20. The maximum absolute atomic E-state index is 12.3. The maximum Gasteiger partial charge on any atom is 0.234 e. The number of halogens is 1. The quantitative estimate of drug-likeness (QED) is 0.672. The number of rotatable bonds is 9. The Balaban J connectivity index is 1.75. The molecule has 0 unspecified atom stereocenters. The Bertz CT molecular complexity index is 706. The summed E-state index contributed by atoms with van der Waals surface area (Å²) in [4.78, 5) is 14.2. The van der Waals surface area contributed by atoms with Gasteiger partial charge in [-0.15, -0.1) is 0 Å². The van der Waals surface area contributed by atoms with E-state index in [0.717, 1.165) is 21.5 Å². The molecule has 0 fully saturated rings. The average Bonchev–Trinajstić information content (AvgIpc) is 2.63. The number of likely N-dealkylation sites (N-methyl/N-ethyl adjacent to an activating group) is 1. The lowest BCUT2D eigenvalue weighted by atomic mass is 10.1. The van der Waals surface area contributed by atoms with Crippen molar-refractivity contribution < 1.29 is 14.3 Å². The summed E-state index contributed by atoms with van der Waals surface area (Å²) >= 11 is 3.39. The molecular formula is C20H25BrN2O3. The van der Waals surface area contributed by atoms with Crippen LogP contribution in [-0.4, -0.2) is 44.7 Å². The normalized spacial score (nSPS) is 11.9. The van der Waals surface area contributed by atoms with Crippen LogP contribution < -0.4 is 14.8 Å². The van der Waals surface area contributed by atoms with Crippen molar-refractivity contribution in [1.82, 2.24) is 10.2 Å². The van der Waals surface area contributed by atoms with Gasteiger partial charge in [0.1, 0.15) is 18.1 Å². The van der Waals surface area contributed by atoms with Crippen LogP contribution in [0.15, 0.2) is 53.0 Å². The Morgan fingerprint density at radius 2 is 1.88 bits per heavy atom. The molecule has 1 amide bonds. The zero-order valence-electron chi connectivity index (χ0n) is 15.4. The predicted octanol–water partition coefficient (Wildman–Crippen LogP) is 3.65. The number of carbonyl (C=O) groups excluding carboxylic acids is 1. The number of nitrogens with one attached hydrogen (secondary N) is 1. The van der Waals surface area contributed by atoms with Crippen molar-refractivity contribution in [2.24, 2.45) is 0 Å². The standard InChI is InChI=1S/C20H25BrN2O3/c1-15(18-6-4-5-7-19(18)25-3)22-20(24)14-23(2)12-13-26-17-10-8-16(21)9-11-17/h4-11,15H,12-14H2,1-3H3,(H,22,24)/t15-/m1/s1. The van der Waals surface area contributed by atoms with Crippen molar-refractivity contribution >= 4 is 21.8 Å². The number of para-hydroxylation sites is 1. The summed E-state index contributed by atoms with van der Waals surface area (Å²) < 4.78 is 12.1. The second kappa shape index (κ2) is 10.2. The van der Waals surface area contributed by atoms with E-state index in [9.17, 15) is 4.79 Å². The van der Waals surface area contributed by atoms with Crippen LogP contribution in [0, 0.1) is 0 Å². The molecule has 5 nitrogen and oxygen atoms in total. The smallest absolute Gasteiger partial charge is 0.234 e. The van der Waals surface area contributed by atoms with E-state index >= 15 is 0 Å². The predicted molar refractivity (Wildman–Crippen MR) is 107 cm³/mol. The molecule has 0 aliphatic heterocycles. The number of methoxy groups -OCH3 is 1. The van der Waals surface area contributed by atoms with Gasteiger partial charge in [-0.05, 0) is 44.3 Å². The topological polar surface area (TPSA) is 50.8 Å². The van der Waals surface area contributed by atoms with Gasteiger partial charge in [0.15, 0.2) is 0 Å². The SMILES string of the molecule is COc1ccccc1[C@@H](C)NC(=O)CN(C)CCOc1ccc(Br)cc1. The van der Waals surface area contributed by atoms with E-state index in [0.29, 0.717) is 19.7 Å². The zero-order chi connectivity index (χ0) is 18.9. The van der Waals surface area contributed by atoms with Gasteiger partial charge >= 0.3 is 0 Å². The highest BCUT2D eigenvalue weighted by atomic mass is 79.9. The molecule has 2 rings (SSSR count). The number of amides is 1. The molecule has 1 atom stereocenters. The third-order valence-corrected chi connectivity index (χ3v) is 4.48. The van der Waals surface area contributed by atoms with Gasteiger partial charge in [-0.25, -0.2) is 0 Å². The van der Waals surface area contributed by atoms with Crippen molar-refractivity contribution in [1.29, 1.82) is 0 Å². The third-order valence-electron chi connectivity index (χ3n) is 3.95. The molecule has 0 aliphatic rings. The number of carbonyl (C=O) groups is 1. The van der Waals surface area contributed by atoms with Crippen LogP contribution in [0.25, 0.3) is 0 Å². The summed E-state index contributed by atoms with van der Waals surface area (Å²) in [6.07, 6.45) is 0. The monoisotopic (exact) mass is 420 g/mol. The second-order valence-electron chi connectivity index (χ2n) is 6.07. The Morgan fingerprint density at radius 3 is 2.58 bits per heavy atom. The van der Waals surface area contributed by atoms with E-state index in [4.69, 9.17) is 9.47 Å². The first kappa shape index (κ1) is 20.3. The molecule has 0 saturated heterocycles. The lowest BCUT2D eigenvalue weighted by molar-refractivity contribution is -0.122. The highest BCUT2D eigenvalue weighted by molar-refractivity contribution is 9.10. The second-order valence-corrected chi connectivity index (χ2v) is 6.99. The van der Waals surface area contributed by atoms with Crippen molar-refractivity contribution in [3.05, 3.63) is 58.6 Å². The van der Waals surface area contributed by atoms with Gasteiger partial charge in [0.25, 0.3) is 0 Å². The molecule has 0 aliphatic carbocycles. The van der Waals surface area contributed by atoms with E-state index in [-0.39, 0.29) is 11.9 Å². The number of nitrogens with zero attached hydrogens (tertiary/aromatic N) is 1. The Kier molecular flexibility index (Phi) is 7.94. The van der Waals surface area contributed by atoms with Gasteiger partial charge in [0, 0.05) is 16.6 Å². The van der Waals surface area contributed by atoms with E-state index in [1.807, 2.05) is 67.4 Å². The molecule has 140 valence electrons. The highest BCUT2D eigenvalue weighted by Crippen LogP contribution is 2.24. The molecule has 0 spiro atoms. The zero-order valence-corrected chi connectivity index (χ0v) is 17.0. The van der Waals surface area contributed by atoms with E-state index in [2.05, 4.69) is 21.2 Å². The summed E-state index contributed by atoms with van der Waals surface area (Å²) in [6, 6.07) is 15.3. The summed E-state index contributed by atoms with van der Waals surface area (Å²) in [7, 11) is 3.53. The Hall–Kier alpha value is -2.05. The minimum absolute atomic E-state index is 0.0328. The maximum atomic E-state index is 12.3. The minimum atomic E-state index is -0.119. The van der Waals surface area contributed by atoms with Crippen LogP contribution in [-0.2, 0) is 4.79 Å². The van der Waals surface area contributed by atoms with Gasteiger partial charge in [0.05, 0.1) is 19.7 Å². The number of ether oxygens (including phenoxy) is 2. The molecule has 1 N–H and O–H groups in total. The van der Waals surface area contributed by atoms with Gasteiger partial charge < -0.3 is 14.8 Å². The Morgan fingerprint density at radius 1 is 1.19 bits per heavy atom. The average molecular weight is 421 g/mol. The van der Waals surface area contributed by atoms with Crippen LogP contribution in [0.2, 0.25) is 0 Å². The van der Waals surface area contributed by atoms with Crippen LogP contribution >= 0.6 is 15.9 Å². The number of hydrogen-bond acceptors (Lipinski definition) is 4. The van der Waals surface area contributed by atoms with Crippen LogP contribution in [0.3, 0.4) is 0 Å². The molecule has 2 aromatic carbocycles. The molecule has 2 aromatic rings. The fraction of sp³-hybridized carbons (Fsp3) is 0.350. The molecular weight excluding hydrogens is 396 g/mol. The first-order valence-corrected chi connectivity index (χ1v) is 9.28. The molecule has 6 heteroatoms. The van der Waals surface area contributed by atoms with E-state index < -0.39 is 0 Å². The minimum Gasteiger partial charge on any atom is -0.496 e. The van der Waals surface area contributed by atoms with Crippen molar-refractivity contribution in [2.45, 2.75) is 13.0 Å². The van der Waals surface area contributed by atoms with Crippen LogP contribution in [0.4, 0.5) is 0 Å². The van der Waals surface area contributed by atoms with Crippen LogP contribution in [0.1, 0.15) is 18.5 Å². The molecule has 0 aromatic heterocycles. The third kappa shape index (κ3) is 6.35. The van der Waals surface area contributed by atoms with Crippen molar-refractivity contribution in [3.63, 3.8) is 0 Å². The van der Waals surface area contributed by atoms with Crippen LogP contribution in [0.5, 0.6) is 11.5 Å². The van der Waals surface area contributed by atoms with Crippen molar-refractivity contribution in [2.75, 3.05) is 33.9 Å². The lowest BCUT2D eigenvalue weighted by Crippen LogP contribution is -2.38. The molecule has 0 radical (unpaired) electrons. The summed E-state index contributed by atoms with van der Waals surface area (Å²) in [5, 5.41) is 3.01. The van der Waals surface area contributed by atoms with Gasteiger partial charge in [-0.2, -0.15) is 0 Å². The summed E-state index contributed by atoms with van der Waals surface area (Å²) in [5.74, 6) is 1.56. The highest BCUT2D eigenvalue weighted by Gasteiger charge is 2.14. The first-order valence-electron chi connectivity index (χ1n) is 8.48. The number of hydrogen-bond donors (Lipinski definition) is 1. The van der Waals surface area contributed by atoms with Gasteiger partial charge in [0.2, 0.25) is 5.91 Å². The molecule has 0 saturated carbocycles. The molecule has 26 heavy (non-hydrogen) atoms. The van der Waals surface area contributed by atoms with E-state index in [1.165, 1.54) is 0 Å². The Labute approximate surface area is 163 Å². The first-order chi connectivity index (χ1) is 12.5. The summed E-state index contributed by atoms with van der Waals surface area (Å²) in [6.45, 7) is 3.44. The fourth-order valence-electron chi connectivity index (χ4n) is 2.56. The molecule has 0 heterocycles.